The molecule has 0 atom stereocenters. The third kappa shape index (κ3) is 9.11. The molecule has 36 heavy (non-hydrogen) atoms. The largest absolute Gasteiger partial charge is 0.454 e. The number of nitrogens with zero attached hydrogens (tertiary/aromatic N) is 1. The van der Waals surface area contributed by atoms with Gasteiger partial charge in [0.25, 0.3) is 27.7 Å². The van der Waals surface area contributed by atoms with Gasteiger partial charge in [0.05, 0.1) is 5.56 Å². The van der Waals surface area contributed by atoms with Crippen molar-refractivity contribution < 1.29 is 41.7 Å². The van der Waals surface area contributed by atoms with Crippen LogP contribution in [-0.4, -0.2) is 59.5 Å². The number of unbranched alkanes of at least 4 members (excludes halogenated alkanes) is 2. The Balaban J connectivity index is 0.00000316. The minimum atomic E-state index is -4.90. The number of carbonyl (C=O) groups is 5. The Labute approximate surface area is 207 Å². The fourth-order valence-corrected chi connectivity index (χ4v) is 3.76. The molecule has 0 saturated heterocycles. The molecule has 0 aromatic heterocycles. The van der Waals surface area contributed by atoms with Crippen molar-refractivity contribution in [3.05, 3.63) is 35.9 Å². The molecule has 0 fully saturated rings. The van der Waals surface area contributed by atoms with Crippen molar-refractivity contribution in [2.75, 3.05) is 11.9 Å². The van der Waals surface area contributed by atoms with Crippen LogP contribution in [0, 0.1) is 11.1 Å². The van der Waals surface area contributed by atoms with Crippen molar-refractivity contribution in [1.29, 1.82) is 11.1 Å². The van der Waals surface area contributed by atoms with Gasteiger partial charge in [0.15, 0.2) is 0 Å². The molecule has 0 saturated carbocycles. The number of hydrogen-bond acceptors (Lipinski definition) is 10. The Bertz CT molecular complexity index is 1150. The SMILES string of the molecule is CC(C)(C)OC(=O)C(=O)c1ccc(NC(=O)CCCCCN2C(=O)C=CC2=O)cc1S(=O)(=O)O.N=N. The van der Waals surface area contributed by atoms with E-state index in [1.165, 1.54) is 39.0 Å². The molecule has 3 amide bonds. The smallest absolute Gasteiger partial charge is 0.380 e. The molecular weight excluding hydrogens is 496 g/mol. The molecule has 1 heterocycles. The van der Waals surface area contributed by atoms with Crippen LogP contribution in [0.15, 0.2) is 35.2 Å². The first-order chi connectivity index (χ1) is 16.7. The highest BCUT2D eigenvalue weighted by Gasteiger charge is 2.29. The van der Waals surface area contributed by atoms with Crippen molar-refractivity contribution in [2.24, 2.45) is 0 Å². The average molecular weight is 525 g/mol. The van der Waals surface area contributed by atoms with E-state index in [1.807, 2.05) is 0 Å². The number of hydrogen-bond donors (Lipinski definition) is 4. The van der Waals surface area contributed by atoms with Crippen LogP contribution in [0.1, 0.15) is 56.8 Å². The fraction of sp³-hybridized carbons (Fsp3) is 0.409. The molecule has 4 N–H and O–H groups in total. The first-order valence-corrected chi connectivity index (χ1v) is 12.1. The Morgan fingerprint density at radius 3 is 2.14 bits per heavy atom. The normalized spacial score (nSPS) is 13.2. The number of carbonyl (C=O) groups excluding carboxylic acids is 5. The summed E-state index contributed by atoms with van der Waals surface area (Å²) in [5.41, 5.74) is 8.42. The molecule has 14 heteroatoms. The van der Waals surface area contributed by atoms with E-state index in [1.54, 1.807) is 0 Å². The van der Waals surface area contributed by atoms with Gasteiger partial charge in [-0.15, -0.1) is 0 Å². The van der Waals surface area contributed by atoms with Crippen LogP contribution in [0.4, 0.5) is 5.69 Å². The highest BCUT2D eigenvalue weighted by atomic mass is 32.2. The van der Waals surface area contributed by atoms with Crippen LogP contribution in [-0.2, 0) is 34.0 Å². The summed E-state index contributed by atoms with van der Waals surface area (Å²) in [6.45, 7) is 4.84. The summed E-state index contributed by atoms with van der Waals surface area (Å²) in [7, 11) is -4.90. The highest BCUT2D eigenvalue weighted by Crippen LogP contribution is 2.23. The van der Waals surface area contributed by atoms with Crippen LogP contribution < -0.4 is 5.32 Å². The van der Waals surface area contributed by atoms with E-state index in [-0.39, 0.29) is 30.5 Å². The minimum Gasteiger partial charge on any atom is -0.454 e. The lowest BCUT2D eigenvalue weighted by Gasteiger charge is -2.19. The van der Waals surface area contributed by atoms with Crippen molar-refractivity contribution in [3.63, 3.8) is 0 Å². The second kappa shape index (κ2) is 12.8. The molecule has 2 rings (SSSR count). The van der Waals surface area contributed by atoms with Gasteiger partial charge in [-0.3, -0.25) is 28.6 Å². The first kappa shape index (κ1) is 30.3. The summed E-state index contributed by atoms with van der Waals surface area (Å²) in [4.78, 5) is 59.8. The Morgan fingerprint density at radius 2 is 1.61 bits per heavy atom. The number of benzene rings is 1. The molecule has 13 nitrogen and oxygen atoms in total. The molecule has 1 aliphatic heterocycles. The van der Waals surface area contributed by atoms with E-state index in [0.29, 0.717) is 19.3 Å². The molecule has 1 aromatic rings. The van der Waals surface area contributed by atoms with Gasteiger partial charge in [-0.1, -0.05) is 6.42 Å². The number of Topliss-reactive ketones (excluding diaryl/α,β-unsaturated/α-hetero) is 1. The zero-order valence-corrected chi connectivity index (χ0v) is 20.8. The monoisotopic (exact) mass is 524 g/mol. The number of anilines is 1. The van der Waals surface area contributed by atoms with E-state index in [9.17, 15) is 36.9 Å². The maximum atomic E-state index is 12.4. The maximum absolute atomic E-state index is 12.4. The quantitative estimate of drug-likeness (QED) is 0.0672. The maximum Gasteiger partial charge on any atom is 0.380 e. The molecule has 196 valence electrons. The molecule has 0 aliphatic carbocycles. The summed E-state index contributed by atoms with van der Waals surface area (Å²) in [5, 5.41) is 2.46. The number of amides is 3. The van der Waals surface area contributed by atoms with Gasteiger partial charge in [0, 0.05) is 30.8 Å². The zero-order chi connectivity index (χ0) is 27.7. The standard InChI is InChI=1S/C22H26N2O9S.H2N2/c1-22(2,3)33-21(29)20(28)15-9-8-14(13-16(15)34(30,31)32)23-17(25)7-5-4-6-12-24-18(26)10-11-19(24)27;1-2/h8-11,13H,4-7,12H2,1-3H3,(H,23,25)(H,30,31,32);1-2H. The van der Waals surface area contributed by atoms with Gasteiger partial charge in [-0.2, -0.15) is 8.42 Å². The summed E-state index contributed by atoms with van der Waals surface area (Å²) < 4.78 is 38.0. The zero-order valence-electron chi connectivity index (χ0n) is 20.0. The van der Waals surface area contributed by atoms with Crippen LogP contribution in [0.5, 0.6) is 0 Å². The van der Waals surface area contributed by atoms with Crippen molar-refractivity contribution in [2.45, 2.75) is 57.0 Å². The van der Waals surface area contributed by atoms with Gasteiger partial charge in [0.2, 0.25) is 5.91 Å². The van der Waals surface area contributed by atoms with Gasteiger partial charge in [-0.05, 0) is 51.8 Å². The lowest BCUT2D eigenvalue weighted by molar-refractivity contribution is -0.148. The number of rotatable bonds is 10. The summed E-state index contributed by atoms with van der Waals surface area (Å²) in [5.74, 6) is -3.74. The summed E-state index contributed by atoms with van der Waals surface area (Å²) in [6.07, 6.45) is 3.98. The Morgan fingerprint density at radius 1 is 1.03 bits per heavy atom. The van der Waals surface area contributed by atoms with E-state index >= 15 is 0 Å². The Hall–Kier alpha value is -3.78. The number of esters is 1. The van der Waals surface area contributed by atoms with Crippen LogP contribution in [0.3, 0.4) is 0 Å². The molecule has 1 aromatic carbocycles. The third-order valence-corrected chi connectivity index (χ3v) is 5.45. The second-order valence-electron chi connectivity index (χ2n) is 8.54. The van der Waals surface area contributed by atoms with E-state index < -0.39 is 43.8 Å². The third-order valence-electron chi connectivity index (χ3n) is 4.56. The number of ether oxygens (including phenoxy) is 1. The first-order valence-electron chi connectivity index (χ1n) is 10.7. The van der Waals surface area contributed by atoms with Crippen LogP contribution in [0.25, 0.3) is 0 Å². The topological polar surface area (TPSA) is 212 Å². The van der Waals surface area contributed by atoms with Crippen LogP contribution in [0.2, 0.25) is 0 Å². The van der Waals surface area contributed by atoms with E-state index in [4.69, 9.17) is 15.8 Å². The van der Waals surface area contributed by atoms with Gasteiger partial charge in [0.1, 0.15) is 10.5 Å². The van der Waals surface area contributed by atoms with Crippen LogP contribution >= 0.6 is 0 Å². The predicted molar refractivity (Wildman–Crippen MR) is 125 cm³/mol. The molecule has 0 radical (unpaired) electrons. The van der Waals surface area contributed by atoms with Crippen molar-refractivity contribution >= 4 is 45.3 Å². The van der Waals surface area contributed by atoms with Crippen molar-refractivity contribution in [3.8, 4) is 0 Å². The molecule has 0 unspecified atom stereocenters. The lowest BCUT2D eigenvalue weighted by Crippen LogP contribution is -2.30. The molecular formula is C22H28N4O9S. The molecule has 0 bridgehead atoms. The van der Waals surface area contributed by atoms with Gasteiger partial charge < -0.3 is 10.1 Å². The fourth-order valence-electron chi connectivity index (χ4n) is 3.04. The van der Waals surface area contributed by atoms with Crippen molar-refractivity contribution in [1.82, 2.24) is 4.90 Å². The van der Waals surface area contributed by atoms with Gasteiger partial charge >= 0.3 is 5.97 Å². The highest BCUT2D eigenvalue weighted by molar-refractivity contribution is 7.86. The summed E-state index contributed by atoms with van der Waals surface area (Å²) in [6, 6.07) is 3.10. The second-order valence-corrected chi connectivity index (χ2v) is 9.93. The minimum absolute atomic E-state index is 0.00213. The Kier molecular flexibility index (Phi) is 10.7. The van der Waals surface area contributed by atoms with E-state index in [0.717, 1.165) is 17.0 Å². The predicted octanol–water partition coefficient (Wildman–Crippen LogP) is 2.48. The number of nitrogens with one attached hydrogen (secondary N) is 3. The summed E-state index contributed by atoms with van der Waals surface area (Å²) >= 11 is 0. The lowest BCUT2D eigenvalue weighted by atomic mass is 10.1. The number of imide groups is 1. The van der Waals surface area contributed by atoms with Gasteiger partial charge in [-0.25, -0.2) is 15.9 Å². The average Bonchev–Trinajstić information content (AvgIpc) is 3.10. The molecule has 0 spiro atoms. The van der Waals surface area contributed by atoms with E-state index in [2.05, 4.69) is 5.32 Å². The molecule has 1 aliphatic rings. The number of ketones is 1.